The molecule has 2 fully saturated rings. The third kappa shape index (κ3) is 3.69. The molecule has 2 aliphatic heterocycles. The first-order valence-corrected chi connectivity index (χ1v) is 9.87. The number of aryl methyl sites for hydroxylation is 1. The predicted molar refractivity (Wildman–Crippen MR) is 103 cm³/mol. The number of halogens is 1. The van der Waals surface area contributed by atoms with Gasteiger partial charge in [-0.3, -0.25) is 14.6 Å². The lowest BCUT2D eigenvalue weighted by Crippen LogP contribution is -2.45. The molecule has 2 aromatic rings. The van der Waals surface area contributed by atoms with Crippen molar-refractivity contribution >= 4 is 5.97 Å². The van der Waals surface area contributed by atoms with Crippen LogP contribution in [0.2, 0.25) is 0 Å². The van der Waals surface area contributed by atoms with E-state index >= 15 is 0 Å². The van der Waals surface area contributed by atoms with Gasteiger partial charge in [0.05, 0.1) is 12.5 Å². The van der Waals surface area contributed by atoms with E-state index in [4.69, 9.17) is 0 Å². The van der Waals surface area contributed by atoms with Gasteiger partial charge in [0.1, 0.15) is 11.6 Å². The highest BCUT2D eigenvalue weighted by Crippen LogP contribution is 2.45. The van der Waals surface area contributed by atoms with Crippen molar-refractivity contribution in [3.05, 3.63) is 53.4 Å². The second kappa shape index (κ2) is 7.64. The number of H-pyrrole nitrogens is 1. The summed E-state index contributed by atoms with van der Waals surface area (Å²) in [6.45, 7) is 5.94. The van der Waals surface area contributed by atoms with Gasteiger partial charge in [-0.1, -0.05) is 18.2 Å². The first-order valence-electron chi connectivity index (χ1n) is 9.87. The number of rotatable bonds is 5. The lowest BCUT2D eigenvalue weighted by molar-refractivity contribution is -0.146. The standard InChI is InChI=1S/C21H27FN4O2/c1-15-3-2-4-16(19(15)22)11-25-9-5-21(6-10-25)14-26(12-17(21)20(27)28)13-18-23-7-8-24-18/h2-4,7-8,17H,5-6,9-14H2,1H3,(H,23,24)(H,27,28). The maximum atomic E-state index is 14.3. The van der Waals surface area contributed by atoms with Crippen LogP contribution in [0.3, 0.4) is 0 Å². The van der Waals surface area contributed by atoms with Crippen LogP contribution >= 0.6 is 0 Å². The Morgan fingerprint density at radius 1 is 1.32 bits per heavy atom. The van der Waals surface area contributed by atoms with Crippen LogP contribution in [0.1, 0.15) is 29.8 Å². The zero-order valence-electron chi connectivity index (χ0n) is 16.2. The Kier molecular flexibility index (Phi) is 5.21. The fourth-order valence-electron chi connectivity index (χ4n) is 4.86. The number of carboxylic acids is 1. The molecular weight excluding hydrogens is 359 g/mol. The number of aliphatic carboxylic acids is 1. The fourth-order valence-corrected chi connectivity index (χ4v) is 4.86. The highest BCUT2D eigenvalue weighted by molar-refractivity contribution is 5.72. The van der Waals surface area contributed by atoms with Crippen molar-refractivity contribution in [3.63, 3.8) is 0 Å². The number of nitrogens with one attached hydrogen (secondary N) is 1. The van der Waals surface area contributed by atoms with Gasteiger partial charge in [-0.2, -0.15) is 0 Å². The number of hydrogen-bond donors (Lipinski definition) is 2. The average molecular weight is 386 g/mol. The van der Waals surface area contributed by atoms with Gasteiger partial charge in [-0.15, -0.1) is 0 Å². The SMILES string of the molecule is Cc1cccc(CN2CCC3(CC2)CN(Cc2ncc[nH]2)CC3C(=O)O)c1F. The molecule has 3 heterocycles. The van der Waals surface area contributed by atoms with Gasteiger partial charge in [-0.25, -0.2) is 9.37 Å². The Labute approximate surface area is 164 Å². The molecule has 150 valence electrons. The van der Waals surface area contributed by atoms with E-state index in [1.165, 1.54) is 0 Å². The summed E-state index contributed by atoms with van der Waals surface area (Å²) in [5, 5.41) is 9.83. The minimum absolute atomic E-state index is 0.128. The average Bonchev–Trinajstić information content (AvgIpc) is 3.30. The number of carboxylic acid groups (broad SMARTS) is 1. The molecule has 1 spiro atoms. The van der Waals surface area contributed by atoms with E-state index in [0.717, 1.165) is 43.9 Å². The molecule has 1 atom stereocenters. The van der Waals surface area contributed by atoms with Crippen LogP contribution in [-0.2, 0) is 17.9 Å². The molecule has 1 unspecified atom stereocenters. The van der Waals surface area contributed by atoms with Crippen LogP contribution in [0.25, 0.3) is 0 Å². The number of benzene rings is 1. The number of likely N-dealkylation sites (tertiary alicyclic amines) is 2. The minimum Gasteiger partial charge on any atom is -0.481 e. The lowest BCUT2D eigenvalue weighted by atomic mass is 9.71. The highest BCUT2D eigenvalue weighted by atomic mass is 19.1. The van der Waals surface area contributed by atoms with Crippen LogP contribution in [-0.4, -0.2) is 57.0 Å². The number of aromatic nitrogens is 2. The molecule has 0 radical (unpaired) electrons. The summed E-state index contributed by atoms with van der Waals surface area (Å²) in [5.41, 5.74) is 1.18. The number of aromatic amines is 1. The molecule has 0 saturated carbocycles. The molecule has 1 aromatic heterocycles. The summed E-state index contributed by atoms with van der Waals surface area (Å²) in [4.78, 5) is 23.8. The topological polar surface area (TPSA) is 72.5 Å². The van der Waals surface area contributed by atoms with Gasteiger partial charge in [-0.05, 0) is 38.4 Å². The Bertz CT molecular complexity index is 831. The number of hydrogen-bond acceptors (Lipinski definition) is 4. The highest BCUT2D eigenvalue weighted by Gasteiger charge is 2.51. The van der Waals surface area contributed by atoms with E-state index in [2.05, 4.69) is 19.8 Å². The molecule has 7 heteroatoms. The smallest absolute Gasteiger partial charge is 0.308 e. The summed E-state index contributed by atoms with van der Waals surface area (Å²) in [5.74, 6) is -0.328. The van der Waals surface area contributed by atoms with Gasteiger partial charge in [0.15, 0.2) is 0 Å². The summed E-state index contributed by atoms with van der Waals surface area (Å²) in [6.07, 6.45) is 5.16. The second-order valence-corrected chi connectivity index (χ2v) is 8.28. The van der Waals surface area contributed by atoms with Gasteiger partial charge >= 0.3 is 5.97 Å². The molecule has 2 N–H and O–H groups in total. The van der Waals surface area contributed by atoms with Crippen LogP contribution in [0.5, 0.6) is 0 Å². The zero-order valence-corrected chi connectivity index (χ0v) is 16.2. The Morgan fingerprint density at radius 3 is 2.79 bits per heavy atom. The number of carbonyl (C=O) groups is 1. The first kappa shape index (κ1) is 19.1. The van der Waals surface area contributed by atoms with Gasteiger partial charge < -0.3 is 10.1 Å². The van der Waals surface area contributed by atoms with Crippen LogP contribution in [0.15, 0.2) is 30.6 Å². The van der Waals surface area contributed by atoms with E-state index in [-0.39, 0.29) is 17.2 Å². The van der Waals surface area contributed by atoms with Crippen molar-refractivity contribution in [3.8, 4) is 0 Å². The van der Waals surface area contributed by atoms with E-state index in [9.17, 15) is 14.3 Å². The molecule has 4 rings (SSSR count). The summed E-state index contributed by atoms with van der Waals surface area (Å²) in [7, 11) is 0. The Balaban J connectivity index is 1.42. The summed E-state index contributed by atoms with van der Waals surface area (Å²) in [6, 6.07) is 5.52. The molecule has 0 aliphatic carbocycles. The number of imidazole rings is 1. The first-order chi connectivity index (χ1) is 13.5. The predicted octanol–water partition coefficient (Wildman–Crippen LogP) is 2.66. The second-order valence-electron chi connectivity index (χ2n) is 8.28. The maximum Gasteiger partial charge on any atom is 0.308 e. The maximum absolute atomic E-state index is 14.3. The number of nitrogens with zero attached hydrogens (tertiary/aromatic N) is 3. The zero-order chi connectivity index (χ0) is 19.7. The van der Waals surface area contributed by atoms with Crippen molar-refractivity contribution in [2.24, 2.45) is 11.3 Å². The minimum atomic E-state index is -0.708. The third-order valence-corrected chi connectivity index (χ3v) is 6.46. The Hall–Kier alpha value is -2.25. The molecule has 2 saturated heterocycles. The normalized spacial score (nSPS) is 22.7. The summed E-state index contributed by atoms with van der Waals surface area (Å²) >= 11 is 0. The summed E-state index contributed by atoms with van der Waals surface area (Å²) < 4.78 is 14.3. The molecule has 1 aromatic carbocycles. The van der Waals surface area contributed by atoms with Crippen molar-refractivity contribution in [2.75, 3.05) is 26.2 Å². The van der Waals surface area contributed by atoms with Crippen molar-refractivity contribution in [1.82, 2.24) is 19.8 Å². The van der Waals surface area contributed by atoms with E-state index in [1.54, 1.807) is 25.4 Å². The fraction of sp³-hybridized carbons (Fsp3) is 0.524. The van der Waals surface area contributed by atoms with Gasteiger partial charge in [0, 0.05) is 43.0 Å². The molecule has 0 amide bonds. The van der Waals surface area contributed by atoms with E-state index in [1.807, 2.05) is 12.1 Å². The monoisotopic (exact) mass is 386 g/mol. The molecule has 6 nitrogen and oxygen atoms in total. The van der Waals surface area contributed by atoms with E-state index < -0.39 is 5.97 Å². The van der Waals surface area contributed by atoms with Gasteiger partial charge in [0.2, 0.25) is 0 Å². The lowest BCUT2D eigenvalue weighted by Gasteiger charge is -2.41. The van der Waals surface area contributed by atoms with Crippen molar-refractivity contribution < 1.29 is 14.3 Å². The molecular formula is C21H27FN4O2. The van der Waals surface area contributed by atoms with Crippen molar-refractivity contribution in [2.45, 2.75) is 32.9 Å². The van der Waals surface area contributed by atoms with Crippen LogP contribution < -0.4 is 0 Å². The van der Waals surface area contributed by atoms with Crippen LogP contribution in [0, 0.1) is 24.1 Å². The van der Waals surface area contributed by atoms with Gasteiger partial charge in [0.25, 0.3) is 0 Å². The van der Waals surface area contributed by atoms with E-state index in [0.29, 0.717) is 25.2 Å². The molecule has 0 bridgehead atoms. The van der Waals surface area contributed by atoms with Crippen molar-refractivity contribution in [1.29, 1.82) is 0 Å². The molecule has 2 aliphatic rings. The Morgan fingerprint density at radius 2 is 2.11 bits per heavy atom. The third-order valence-electron chi connectivity index (χ3n) is 6.46. The quantitative estimate of drug-likeness (QED) is 0.827. The van der Waals surface area contributed by atoms with Crippen LogP contribution in [0.4, 0.5) is 4.39 Å². The largest absolute Gasteiger partial charge is 0.481 e. The number of piperidine rings is 1. The molecule has 28 heavy (non-hydrogen) atoms.